The minimum atomic E-state index is -0.728. The second kappa shape index (κ2) is 4.70. The van der Waals surface area contributed by atoms with E-state index >= 15 is 0 Å². The quantitative estimate of drug-likeness (QED) is 0.503. The molecule has 0 amide bonds. The summed E-state index contributed by atoms with van der Waals surface area (Å²) in [5, 5.41) is 18.2. The number of rotatable bonds is 3. The summed E-state index contributed by atoms with van der Waals surface area (Å²) >= 11 is 0. The van der Waals surface area contributed by atoms with E-state index in [4.69, 9.17) is 15.7 Å². The molecular weight excluding hydrogens is 254 g/mol. The van der Waals surface area contributed by atoms with E-state index in [9.17, 15) is 5.11 Å². The highest BCUT2D eigenvalue weighted by atomic mass is 17.1. The zero-order chi connectivity index (χ0) is 13.4. The van der Waals surface area contributed by atoms with E-state index in [1.54, 1.807) is 4.57 Å². The number of nitrogen functional groups attached to an aromatic ring is 1. The SMILES string of the molecule is Nc1ncnc2c1ncn2[C@H]1CC(O)[C@@H](COO)O1. The molecule has 9 nitrogen and oxygen atoms in total. The fraction of sp³-hybridized carbons (Fsp3) is 0.500. The molecule has 2 aromatic rings. The summed E-state index contributed by atoms with van der Waals surface area (Å²) < 4.78 is 7.27. The first-order valence-electron chi connectivity index (χ1n) is 5.73. The molecule has 3 atom stereocenters. The first kappa shape index (κ1) is 12.2. The van der Waals surface area contributed by atoms with Crippen LogP contribution >= 0.6 is 0 Å². The molecule has 1 saturated heterocycles. The lowest BCUT2D eigenvalue weighted by atomic mass is 10.2. The highest BCUT2D eigenvalue weighted by molar-refractivity contribution is 5.81. The number of hydrogen-bond acceptors (Lipinski definition) is 8. The molecule has 1 fully saturated rings. The maximum Gasteiger partial charge on any atom is 0.167 e. The van der Waals surface area contributed by atoms with Gasteiger partial charge >= 0.3 is 0 Å². The van der Waals surface area contributed by atoms with E-state index in [2.05, 4.69) is 19.8 Å². The monoisotopic (exact) mass is 267 g/mol. The van der Waals surface area contributed by atoms with Gasteiger partial charge in [0, 0.05) is 6.42 Å². The molecule has 0 aromatic carbocycles. The van der Waals surface area contributed by atoms with Crippen LogP contribution in [0.5, 0.6) is 0 Å². The van der Waals surface area contributed by atoms with Gasteiger partial charge in [-0.1, -0.05) is 0 Å². The third kappa shape index (κ3) is 2.02. The third-order valence-electron chi connectivity index (χ3n) is 3.14. The van der Waals surface area contributed by atoms with Crippen LogP contribution in [0.15, 0.2) is 12.7 Å². The van der Waals surface area contributed by atoms with Crippen LogP contribution in [0, 0.1) is 0 Å². The van der Waals surface area contributed by atoms with Gasteiger partial charge in [0.25, 0.3) is 0 Å². The Bertz CT molecular complexity index is 588. The lowest BCUT2D eigenvalue weighted by Crippen LogP contribution is -2.25. The number of imidazole rings is 1. The van der Waals surface area contributed by atoms with Gasteiger partial charge in [-0.05, 0) is 0 Å². The summed E-state index contributed by atoms with van der Waals surface area (Å²) in [6.45, 7) is -0.0958. The Labute approximate surface area is 107 Å². The number of nitrogens with two attached hydrogens (primary N) is 1. The van der Waals surface area contributed by atoms with Gasteiger partial charge in [-0.3, -0.25) is 9.82 Å². The minimum absolute atomic E-state index is 0.0958. The van der Waals surface area contributed by atoms with Gasteiger partial charge in [0.15, 0.2) is 11.5 Å². The number of nitrogens with zero attached hydrogens (tertiary/aromatic N) is 4. The van der Waals surface area contributed by atoms with Crippen molar-refractivity contribution in [2.45, 2.75) is 24.9 Å². The summed E-state index contributed by atoms with van der Waals surface area (Å²) in [4.78, 5) is 16.1. The molecule has 3 heterocycles. The van der Waals surface area contributed by atoms with Crippen molar-refractivity contribution in [2.24, 2.45) is 0 Å². The van der Waals surface area contributed by atoms with E-state index in [1.807, 2.05) is 0 Å². The van der Waals surface area contributed by atoms with Gasteiger partial charge in [-0.2, -0.15) is 0 Å². The molecule has 1 aliphatic rings. The number of hydrogen-bond donors (Lipinski definition) is 3. The predicted octanol–water partition coefficient (Wildman–Crippen LogP) is -0.454. The maximum absolute atomic E-state index is 9.81. The molecule has 0 spiro atoms. The molecule has 1 unspecified atom stereocenters. The second-order valence-corrected chi connectivity index (χ2v) is 4.31. The van der Waals surface area contributed by atoms with Gasteiger partial charge in [0.1, 0.15) is 30.8 Å². The number of aliphatic hydroxyl groups is 1. The van der Waals surface area contributed by atoms with E-state index in [1.165, 1.54) is 12.7 Å². The standard InChI is InChI=1S/C10H13N5O4/c11-9-8-10(13-3-12-9)15(4-14-8)7-1-5(16)6(19-7)2-18-17/h3-7,16-17H,1-2H2,(H2,11,12,13)/t5?,6-,7-/m1/s1. The summed E-state index contributed by atoms with van der Waals surface area (Å²) in [5.74, 6) is 0.289. The van der Waals surface area contributed by atoms with Gasteiger partial charge in [-0.25, -0.2) is 19.8 Å². The molecule has 9 heteroatoms. The first-order valence-corrected chi connectivity index (χ1v) is 5.73. The van der Waals surface area contributed by atoms with Crippen LogP contribution in [0.25, 0.3) is 11.2 Å². The summed E-state index contributed by atoms with van der Waals surface area (Å²) in [6, 6.07) is 0. The fourth-order valence-electron chi connectivity index (χ4n) is 2.19. The maximum atomic E-state index is 9.81. The zero-order valence-corrected chi connectivity index (χ0v) is 9.88. The van der Waals surface area contributed by atoms with E-state index in [0.717, 1.165) is 0 Å². The minimum Gasteiger partial charge on any atom is -0.390 e. The number of ether oxygens (including phenoxy) is 1. The average molecular weight is 267 g/mol. The molecule has 19 heavy (non-hydrogen) atoms. The van der Waals surface area contributed by atoms with E-state index < -0.39 is 18.4 Å². The summed E-state index contributed by atoms with van der Waals surface area (Å²) in [6.07, 6.45) is 1.48. The van der Waals surface area contributed by atoms with Crippen LogP contribution < -0.4 is 5.73 Å². The van der Waals surface area contributed by atoms with Crippen LogP contribution in [0.1, 0.15) is 12.6 Å². The number of anilines is 1. The van der Waals surface area contributed by atoms with Crippen molar-refractivity contribution < 1.29 is 20.0 Å². The average Bonchev–Trinajstić information content (AvgIpc) is 2.95. The van der Waals surface area contributed by atoms with Gasteiger partial charge in [0.2, 0.25) is 0 Å². The second-order valence-electron chi connectivity index (χ2n) is 4.31. The Hall–Kier alpha value is -1.81. The van der Waals surface area contributed by atoms with E-state index in [-0.39, 0.29) is 12.4 Å². The van der Waals surface area contributed by atoms with Crippen molar-refractivity contribution in [3.8, 4) is 0 Å². The Morgan fingerprint density at radius 2 is 2.32 bits per heavy atom. The van der Waals surface area contributed by atoms with Crippen molar-refractivity contribution in [1.82, 2.24) is 19.5 Å². The number of fused-ring (bicyclic) bond motifs is 1. The molecule has 1 aliphatic heterocycles. The van der Waals surface area contributed by atoms with Crippen LogP contribution in [0.4, 0.5) is 5.82 Å². The smallest absolute Gasteiger partial charge is 0.167 e. The molecule has 3 rings (SSSR count). The first-order chi connectivity index (χ1) is 9.20. The molecule has 2 aromatic heterocycles. The van der Waals surface area contributed by atoms with Crippen LogP contribution in [0.3, 0.4) is 0 Å². The normalized spacial score (nSPS) is 27.2. The zero-order valence-electron chi connectivity index (χ0n) is 9.88. The van der Waals surface area contributed by atoms with Gasteiger partial charge in [0.05, 0.1) is 12.4 Å². The largest absolute Gasteiger partial charge is 0.390 e. The number of aliphatic hydroxyl groups excluding tert-OH is 1. The summed E-state index contributed by atoms with van der Waals surface area (Å²) in [7, 11) is 0. The topological polar surface area (TPSA) is 129 Å². The summed E-state index contributed by atoms with van der Waals surface area (Å²) in [5.41, 5.74) is 6.73. The molecule has 0 bridgehead atoms. The number of aromatic nitrogens is 4. The Morgan fingerprint density at radius 3 is 3.11 bits per heavy atom. The molecular formula is C10H13N5O4. The van der Waals surface area contributed by atoms with Crippen molar-refractivity contribution in [1.29, 1.82) is 0 Å². The van der Waals surface area contributed by atoms with Crippen molar-refractivity contribution in [3.63, 3.8) is 0 Å². The molecule has 0 radical (unpaired) electrons. The Kier molecular flexibility index (Phi) is 3.03. The third-order valence-corrected chi connectivity index (χ3v) is 3.14. The van der Waals surface area contributed by atoms with Crippen LogP contribution in [-0.2, 0) is 9.62 Å². The van der Waals surface area contributed by atoms with Crippen molar-refractivity contribution in [2.75, 3.05) is 12.3 Å². The highest BCUT2D eigenvalue weighted by Gasteiger charge is 2.36. The molecule has 102 valence electrons. The van der Waals surface area contributed by atoms with Crippen LogP contribution in [0.2, 0.25) is 0 Å². The Balaban J connectivity index is 1.91. The van der Waals surface area contributed by atoms with Crippen molar-refractivity contribution in [3.05, 3.63) is 12.7 Å². The van der Waals surface area contributed by atoms with E-state index in [0.29, 0.717) is 17.6 Å². The fourth-order valence-corrected chi connectivity index (χ4v) is 2.19. The molecule has 0 aliphatic carbocycles. The van der Waals surface area contributed by atoms with Crippen molar-refractivity contribution >= 4 is 17.0 Å². The molecule has 4 N–H and O–H groups in total. The van der Waals surface area contributed by atoms with Crippen LogP contribution in [-0.4, -0.2) is 48.7 Å². The lowest BCUT2D eigenvalue weighted by Gasteiger charge is -2.14. The highest BCUT2D eigenvalue weighted by Crippen LogP contribution is 2.31. The van der Waals surface area contributed by atoms with Gasteiger partial charge in [-0.15, -0.1) is 0 Å². The Morgan fingerprint density at radius 1 is 1.47 bits per heavy atom. The van der Waals surface area contributed by atoms with Gasteiger partial charge < -0.3 is 15.6 Å². The molecule has 0 saturated carbocycles. The lowest BCUT2D eigenvalue weighted by molar-refractivity contribution is -0.264. The predicted molar refractivity (Wildman–Crippen MR) is 62.9 cm³/mol.